The molecule has 0 aliphatic carbocycles. The van der Waals surface area contributed by atoms with Gasteiger partial charge in [0.1, 0.15) is 9.36 Å². The van der Waals surface area contributed by atoms with E-state index in [2.05, 4.69) is 0 Å². The van der Waals surface area contributed by atoms with Crippen molar-refractivity contribution in [3.8, 4) is 0 Å². The number of aliphatic hydroxyl groups is 1. The summed E-state index contributed by atoms with van der Waals surface area (Å²) in [6, 6.07) is 7.23. The Bertz CT molecular complexity index is 442. The van der Waals surface area contributed by atoms with Crippen LogP contribution in [0, 0.1) is 6.92 Å². The van der Waals surface area contributed by atoms with E-state index in [1.807, 2.05) is 13.0 Å². The third-order valence-electron chi connectivity index (χ3n) is 2.04. The predicted octanol–water partition coefficient (Wildman–Crippen LogP) is 1.83. The van der Waals surface area contributed by atoms with E-state index >= 15 is 0 Å². The van der Waals surface area contributed by atoms with Crippen LogP contribution in [0.15, 0.2) is 24.3 Å². The van der Waals surface area contributed by atoms with Crippen LogP contribution < -0.4 is 0 Å². The molecule has 1 aromatic rings. The van der Waals surface area contributed by atoms with Gasteiger partial charge in [-0.3, -0.25) is 0 Å². The summed E-state index contributed by atoms with van der Waals surface area (Å²) >= 11 is 1.75. The number of sulfone groups is 1. The number of hydrogen-bond acceptors (Lipinski definition) is 3. The Balaban J connectivity index is 3.00. The Hall–Kier alpha value is -0.140. The molecule has 0 unspecified atom stereocenters. The van der Waals surface area contributed by atoms with Gasteiger partial charge in [0.2, 0.25) is 0 Å². The number of halogens is 1. The number of alkyl halides is 1. The first-order valence-electron chi connectivity index (χ1n) is 4.40. The second-order valence-electron chi connectivity index (χ2n) is 3.54. The van der Waals surface area contributed by atoms with Crippen molar-refractivity contribution < 1.29 is 13.5 Å². The quantitative estimate of drug-likeness (QED) is 0.675. The first kappa shape index (κ1) is 12.9. The SMILES string of the molecule is Cc1cccc([C@H](O)[C@@H](I)S(C)(=O)=O)c1. The summed E-state index contributed by atoms with van der Waals surface area (Å²) in [7, 11) is -3.23. The smallest absolute Gasteiger partial charge is 0.162 e. The summed E-state index contributed by atoms with van der Waals surface area (Å²) in [6.07, 6.45) is 0.156. The zero-order valence-electron chi connectivity index (χ0n) is 8.51. The van der Waals surface area contributed by atoms with Crippen molar-refractivity contribution in [2.24, 2.45) is 0 Å². The van der Waals surface area contributed by atoms with Gasteiger partial charge in [-0.25, -0.2) is 8.42 Å². The number of aliphatic hydroxyl groups excluding tert-OH is 1. The normalized spacial score (nSPS) is 16.0. The van der Waals surface area contributed by atoms with E-state index in [1.165, 1.54) is 0 Å². The lowest BCUT2D eigenvalue weighted by molar-refractivity contribution is 0.197. The average Bonchev–Trinajstić information content (AvgIpc) is 2.14. The Kier molecular flexibility index (Phi) is 4.13. The van der Waals surface area contributed by atoms with Crippen molar-refractivity contribution in [2.45, 2.75) is 16.3 Å². The Morgan fingerprint density at radius 3 is 2.47 bits per heavy atom. The minimum absolute atomic E-state index is 0.639. The second-order valence-corrected chi connectivity index (χ2v) is 7.89. The zero-order chi connectivity index (χ0) is 11.6. The molecule has 0 aromatic heterocycles. The van der Waals surface area contributed by atoms with E-state index in [-0.39, 0.29) is 0 Å². The number of rotatable bonds is 3. The Morgan fingerprint density at radius 2 is 2.00 bits per heavy atom. The van der Waals surface area contributed by atoms with E-state index in [1.54, 1.807) is 40.8 Å². The summed E-state index contributed by atoms with van der Waals surface area (Å²) in [5.74, 6) is 0. The summed E-state index contributed by atoms with van der Waals surface area (Å²) in [4.78, 5) is 0. The van der Waals surface area contributed by atoms with Gasteiger partial charge in [-0.15, -0.1) is 0 Å². The van der Waals surface area contributed by atoms with E-state index in [4.69, 9.17) is 0 Å². The molecule has 1 N–H and O–H groups in total. The highest BCUT2D eigenvalue weighted by atomic mass is 127. The van der Waals surface area contributed by atoms with Crippen LogP contribution in [0.3, 0.4) is 0 Å². The lowest BCUT2D eigenvalue weighted by Crippen LogP contribution is -2.21. The van der Waals surface area contributed by atoms with Crippen molar-refractivity contribution in [1.29, 1.82) is 0 Å². The highest BCUT2D eigenvalue weighted by Crippen LogP contribution is 2.26. The Labute approximate surface area is 104 Å². The molecule has 0 aliphatic heterocycles. The third-order valence-corrected chi connectivity index (χ3v) is 6.57. The van der Waals surface area contributed by atoms with Gasteiger partial charge >= 0.3 is 0 Å². The first-order valence-corrected chi connectivity index (χ1v) is 7.60. The van der Waals surface area contributed by atoms with Crippen LogP contribution in [-0.4, -0.2) is 23.0 Å². The van der Waals surface area contributed by atoms with Crippen LogP contribution in [0.1, 0.15) is 17.2 Å². The summed E-state index contributed by atoms with van der Waals surface area (Å²) in [5, 5.41) is 9.86. The minimum atomic E-state index is -3.23. The molecule has 0 spiro atoms. The minimum Gasteiger partial charge on any atom is -0.386 e. The number of hydrogen-bond donors (Lipinski definition) is 1. The molecule has 84 valence electrons. The summed E-state index contributed by atoms with van der Waals surface area (Å²) < 4.78 is 21.7. The molecule has 2 atom stereocenters. The molecule has 0 heterocycles. The fourth-order valence-electron chi connectivity index (χ4n) is 1.24. The topological polar surface area (TPSA) is 54.4 Å². The standard InChI is InChI=1S/C10H13IO3S/c1-7-4-3-5-8(6-7)9(12)10(11)15(2,13)14/h3-6,9-10,12H,1-2H3/t9-,10-/m0/s1. The van der Waals surface area contributed by atoms with Gasteiger partial charge in [-0.05, 0) is 12.5 Å². The summed E-state index contributed by atoms with van der Waals surface area (Å²) in [6.45, 7) is 1.90. The van der Waals surface area contributed by atoms with Crippen LogP contribution >= 0.6 is 22.6 Å². The van der Waals surface area contributed by atoms with Crippen molar-refractivity contribution >= 4 is 32.4 Å². The lowest BCUT2D eigenvalue weighted by atomic mass is 10.1. The monoisotopic (exact) mass is 340 g/mol. The maximum Gasteiger partial charge on any atom is 0.162 e. The highest BCUT2D eigenvalue weighted by molar-refractivity contribution is 14.1. The van der Waals surface area contributed by atoms with Crippen LogP contribution in [0.25, 0.3) is 0 Å². The molecular formula is C10H13IO3S. The zero-order valence-corrected chi connectivity index (χ0v) is 11.5. The number of benzene rings is 1. The maximum absolute atomic E-state index is 11.3. The maximum atomic E-state index is 11.3. The highest BCUT2D eigenvalue weighted by Gasteiger charge is 2.26. The van der Waals surface area contributed by atoms with E-state index in [9.17, 15) is 13.5 Å². The van der Waals surface area contributed by atoms with Crippen LogP contribution in [-0.2, 0) is 9.84 Å². The largest absolute Gasteiger partial charge is 0.386 e. The van der Waals surface area contributed by atoms with Gasteiger partial charge in [-0.1, -0.05) is 52.4 Å². The molecule has 1 aromatic carbocycles. The molecular weight excluding hydrogens is 327 g/mol. The molecule has 0 saturated heterocycles. The van der Waals surface area contributed by atoms with E-state index < -0.39 is 19.2 Å². The van der Waals surface area contributed by atoms with Gasteiger partial charge in [-0.2, -0.15) is 0 Å². The predicted molar refractivity (Wildman–Crippen MR) is 68.8 cm³/mol. The van der Waals surface area contributed by atoms with Crippen molar-refractivity contribution in [3.05, 3.63) is 35.4 Å². The fourth-order valence-corrected chi connectivity index (χ4v) is 2.28. The lowest BCUT2D eigenvalue weighted by Gasteiger charge is -2.16. The summed E-state index contributed by atoms with van der Waals surface area (Å²) in [5.41, 5.74) is 1.64. The van der Waals surface area contributed by atoms with Gasteiger partial charge in [0, 0.05) is 6.26 Å². The van der Waals surface area contributed by atoms with Gasteiger partial charge in [0.05, 0.1) is 0 Å². The molecule has 0 amide bonds. The van der Waals surface area contributed by atoms with Crippen molar-refractivity contribution in [2.75, 3.05) is 6.26 Å². The number of aryl methyl sites for hydroxylation is 1. The first-order chi connectivity index (χ1) is 6.82. The van der Waals surface area contributed by atoms with Crippen LogP contribution in [0.2, 0.25) is 0 Å². The van der Waals surface area contributed by atoms with Gasteiger partial charge in [0.25, 0.3) is 0 Å². The Morgan fingerprint density at radius 1 is 1.40 bits per heavy atom. The molecule has 5 heteroatoms. The van der Waals surface area contributed by atoms with E-state index in [0.717, 1.165) is 11.8 Å². The van der Waals surface area contributed by atoms with Crippen molar-refractivity contribution in [1.82, 2.24) is 0 Å². The molecule has 15 heavy (non-hydrogen) atoms. The molecule has 0 radical (unpaired) electrons. The van der Waals surface area contributed by atoms with Gasteiger partial charge < -0.3 is 5.11 Å². The second kappa shape index (κ2) is 4.80. The average molecular weight is 340 g/mol. The molecule has 0 saturated carbocycles. The molecule has 0 aliphatic rings. The van der Waals surface area contributed by atoms with Gasteiger partial charge in [0.15, 0.2) is 9.84 Å². The molecule has 3 nitrogen and oxygen atoms in total. The fraction of sp³-hybridized carbons (Fsp3) is 0.400. The van der Waals surface area contributed by atoms with Crippen molar-refractivity contribution in [3.63, 3.8) is 0 Å². The van der Waals surface area contributed by atoms with Crippen LogP contribution in [0.5, 0.6) is 0 Å². The molecule has 0 fully saturated rings. The third kappa shape index (κ3) is 3.42. The molecule has 1 rings (SSSR count). The van der Waals surface area contributed by atoms with E-state index in [0.29, 0.717) is 5.56 Å². The molecule has 0 bridgehead atoms. The van der Waals surface area contributed by atoms with Crippen LogP contribution in [0.4, 0.5) is 0 Å².